The number of hydrogen-bond acceptors (Lipinski definition) is 3. The number of allylic oxidation sites excluding steroid dienone is 4. The summed E-state index contributed by atoms with van der Waals surface area (Å²) in [6.45, 7) is 9.78. The zero-order valence-corrected chi connectivity index (χ0v) is 21.7. The predicted molar refractivity (Wildman–Crippen MR) is 140 cm³/mol. The average Bonchev–Trinajstić information content (AvgIpc) is 2.76. The molecule has 0 atom stereocenters. The summed E-state index contributed by atoms with van der Waals surface area (Å²) in [5.74, 6) is 0.659. The fraction of sp³-hybridized carbons (Fsp3) is 0.393. The lowest BCUT2D eigenvalue weighted by molar-refractivity contribution is -0.128. The van der Waals surface area contributed by atoms with Crippen LogP contribution in [0.1, 0.15) is 71.4 Å². The van der Waals surface area contributed by atoms with E-state index in [4.69, 9.17) is 27.9 Å². The van der Waals surface area contributed by atoms with Gasteiger partial charge in [-0.05, 0) is 79.1 Å². The number of halogens is 2. The summed E-state index contributed by atoms with van der Waals surface area (Å²) in [5.41, 5.74) is 4.09. The van der Waals surface area contributed by atoms with Crippen molar-refractivity contribution in [2.45, 2.75) is 60.3 Å². The first-order valence-corrected chi connectivity index (χ1v) is 12.1. The van der Waals surface area contributed by atoms with Gasteiger partial charge < -0.3 is 9.84 Å². The Balaban J connectivity index is 1.99. The maximum absolute atomic E-state index is 12.1. The molecule has 0 aliphatic heterocycles. The number of rotatable bonds is 10. The van der Waals surface area contributed by atoms with E-state index in [9.17, 15) is 9.90 Å². The highest BCUT2D eigenvalue weighted by Crippen LogP contribution is 2.32. The van der Waals surface area contributed by atoms with Crippen LogP contribution in [0.3, 0.4) is 0 Å². The highest BCUT2D eigenvalue weighted by molar-refractivity contribution is 6.32. The third kappa shape index (κ3) is 7.94. The molecule has 0 aliphatic carbocycles. The number of carbonyl (C=O) groups is 1. The monoisotopic (exact) mass is 488 g/mol. The Hall–Kier alpha value is -2.23. The lowest BCUT2D eigenvalue weighted by Gasteiger charge is -2.17. The molecule has 0 aliphatic rings. The van der Waals surface area contributed by atoms with E-state index < -0.39 is 5.41 Å². The van der Waals surface area contributed by atoms with Gasteiger partial charge in [-0.2, -0.15) is 0 Å². The molecule has 2 aromatic rings. The Morgan fingerprint density at radius 1 is 1.03 bits per heavy atom. The Kier molecular flexibility index (Phi) is 10.1. The van der Waals surface area contributed by atoms with Crippen LogP contribution >= 0.6 is 23.2 Å². The molecular formula is C28H34Cl2O3. The van der Waals surface area contributed by atoms with Gasteiger partial charge >= 0.3 is 0 Å². The third-order valence-electron chi connectivity index (χ3n) is 5.59. The minimum Gasteiger partial charge on any atom is -0.506 e. The van der Waals surface area contributed by atoms with Crippen molar-refractivity contribution in [1.82, 2.24) is 0 Å². The first kappa shape index (κ1) is 27.0. The first-order chi connectivity index (χ1) is 15.6. The zero-order chi connectivity index (χ0) is 24.6. The van der Waals surface area contributed by atoms with Crippen LogP contribution in [0.15, 0.2) is 48.6 Å². The number of phenols is 1. The van der Waals surface area contributed by atoms with Crippen molar-refractivity contribution in [3.8, 4) is 11.5 Å². The predicted octanol–water partition coefficient (Wildman–Crippen LogP) is 8.76. The second-order valence-electron chi connectivity index (χ2n) is 9.06. The van der Waals surface area contributed by atoms with Crippen molar-refractivity contribution >= 4 is 40.1 Å². The number of hydrogen-bond donors (Lipinski definition) is 1. The van der Waals surface area contributed by atoms with Gasteiger partial charge in [0.25, 0.3) is 0 Å². The number of unbranched alkanes of at least 4 members (excludes halogenated alkanes) is 1. The van der Waals surface area contributed by atoms with Crippen molar-refractivity contribution in [1.29, 1.82) is 0 Å². The van der Waals surface area contributed by atoms with Crippen LogP contribution in [0.4, 0.5) is 0 Å². The van der Waals surface area contributed by atoms with Crippen LogP contribution < -0.4 is 4.74 Å². The lowest BCUT2D eigenvalue weighted by atomic mass is 9.91. The number of phenolic OH excluding ortho intramolecular Hbond substituents is 1. The topological polar surface area (TPSA) is 46.5 Å². The van der Waals surface area contributed by atoms with Crippen molar-refractivity contribution in [2.75, 3.05) is 6.61 Å². The van der Waals surface area contributed by atoms with Gasteiger partial charge in [-0.15, -0.1) is 0 Å². The van der Waals surface area contributed by atoms with E-state index >= 15 is 0 Å². The Labute approximate surface area is 208 Å². The summed E-state index contributed by atoms with van der Waals surface area (Å²) < 4.78 is 5.65. The molecule has 0 aromatic heterocycles. The fourth-order valence-corrected chi connectivity index (χ4v) is 3.79. The number of ketones is 1. The molecule has 0 unspecified atom stereocenters. The fourth-order valence-electron chi connectivity index (χ4n) is 3.37. The molecule has 0 amide bonds. The normalized spacial score (nSPS) is 12.7. The Bertz CT molecular complexity index is 1030. The molecule has 1 N–H and O–H groups in total. The summed E-state index contributed by atoms with van der Waals surface area (Å²) in [7, 11) is 0. The third-order valence-corrected chi connectivity index (χ3v) is 6.18. The molecule has 0 saturated heterocycles. The number of carbonyl (C=O) groups excluding carboxylic acids is 1. The van der Waals surface area contributed by atoms with E-state index in [1.165, 1.54) is 11.1 Å². The van der Waals surface area contributed by atoms with Gasteiger partial charge in [-0.3, -0.25) is 4.79 Å². The summed E-state index contributed by atoms with van der Waals surface area (Å²) in [5, 5.41) is 10.5. The highest BCUT2D eigenvalue weighted by Gasteiger charge is 2.22. The van der Waals surface area contributed by atoms with E-state index in [1.807, 2.05) is 58.0 Å². The number of Topliss-reactive ketones (excluding diaryl/α,β-unsaturated/α-hetero) is 1. The van der Waals surface area contributed by atoms with E-state index in [1.54, 1.807) is 6.07 Å². The summed E-state index contributed by atoms with van der Waals surface area (Å²) >= 11 is 12.5. The zero-order valence-electron chi connectivity index (χ0n) is 20.2. The molecule has 0 heterocycles. The molecule has 178 valence electrons. The molecule has 2 aromatic carbocycles. The van der Waals surface area contributed by atoms with Gasteiger partial charge in [-0.25, -0.2) is 0 Å². The first-order valence-electron chi connectivity index (χ1n) is 11.4. The molecule has 0 fully saturated rings. The van der Waals surface area contributed by atoms with E-state index in [2.05, 4.69) is 19.1 Å². The van der Waals surface area contributed by atoms with Crippen LogP contribution in [0.25, 0.3) is 11.1 Å². The van der Waals surface area contributed by atoms with Gasteiger partial charge in [0, 0.05) is 5.41 Å². The minimum atomic E-state index is -0.439. The quantitative estimate of drug-likeness (QED) is 0.339. The smallest absolute Gasteiger partial charge is 0.175 e. The second-order valence-corrected chi connectivity index (χ2v) is 9.88. The molecule has 0 saturated carbocycles. The van der Waals surface area contributed by atoms with E-state index in [-0.39, 0.29) is 18.1 Å². The molecular weight excluding hydrogens is 455 g/mol. The highest BCUT2D eigenvalue weighted by atomic mass is 35.5. The lowest BCUT2D eigenvalue weighted by Crippen LogP contribution is -2.26. The Morgan fingerprint density at radius 2 is 1.67 bits per heavy atom. The van der Waals surface area contributed by atoms with Crippen molar-refractivity contribution in [2.24, 2.45) is 5.41 Å². The van der Waals surface area contributed by atoms with Crippen LogP contribution in [0.5, 0.6) is 11.5 Å². The molecule has 0 spiro atoms. The van der Waals surface area contributed by atoms with Crippen LogP contribution in [-0.2, 0) is 4.79 Å². The van der Waals surface area contributed by atoms with Crippen molar-refractivity contribution in [3.63, 3.8) is 0 Å². The number of benzene rings is 2. The standard InChI is InChI=1S/C28H34Cl2O3/c1-6-19(21-12-14-25(31)23(29)16-21)10-8-9-11-20(7-2)22-13-15-26(24(30)17-22)33-18-27(32)28(3,4)5/h7,10,12-17,31H,6,8-9,11,18H2,1-5H3/b19-10-,20-7+. The number of ether oxygens (including phenoxy) is 1. The van der Waals surface area contributed by atoms with Gasteiger partial charge in [0.15, 0.2) is 5.78 Å². The molecule has 5 heteroatoms. The number of aromatic hydroxyl groups is 1. The van der Waals surface area contributed by atoms with E-state index in [0.717, 1.165) is 36.8 Å². The molecule has 2 rings (SSSR count). The van der Waals surface area contributed by atoms with Crippen LogP contribution in [0.2, 0.25) is 10.0 Å². The van der Waals surface area contributed by atoms with E-state index in [0.29, 0.717) is 15.8 Å². The van der Waals surface area contributed by atoms with Crippen LogP contribution in [-0.4, -0.2) is 17.5 Å². The molecule has 0 radical (unpaired) electrons. The molecule has 3 nitrogen and oxygen atoms in total. The average molecular weight is 489 g/mol. The molecule has 0 bridgehead atoms. The van der Waals surface area contributed by atoms with Gasteiger partial charge in [0.1, 0.15) is 18.1 Å². The van der Waals surface area contributed by atoms with Gasteiger partial charge in [-0.1, -0.05) is 75.2 Å². The maximum atomic E-state index is 12.1. The van der Waals surface area contributed by atoms with Crippen LogP contribution in [0, 0.1) is 5.41 Å². The summed E-state index contributed by atoms with van der Waals surface area (Å²) in [4.78, 5) is 12.1. The Morgan fingerprint density at radius 3 is 2.24 bits per heavy atom. The second kappa shape index (κ2) is 12.3. The summed E-state index contributed by atoms with van der Waals surface area (Å²) in [6.07, 6.45) is 8.09. The SMILES string of the molecule is C/C=C(\CCC/C=C(/CC)c1ccc(O)c(Cl)c1)c1ccc(OCC(=O)C(C)(C)C)c(Cl)c1. The minimum absolute atomic E-state index is 0.0113. The van der Waals surface area contributed by atoms with Crippen molar-refractivity contribution < 1.29 is 14.6 Å². The van der Waals surface area contributed by atoms with Gasteiger partial charge in [0.05, 0.1) is 10.0 Å². The van der Waals surface area contributed by atoms with Crippen molar-refractivity contribution in [3.05, 3.63) is 69.7 Å². The maximum Gasteiger partial charge on any atom is 0.175 e. The summed E-state index contributed by atoms with van der Waals surface area (Å²) in [6, 6.07) is 11.1. The van der Waals surface area contributed by atoms with Gasteiger partial charge in [0.2, 0.25) is 0 Å². The largest absolute Gasteiger partial charge is 0.506 e. The molecule has 33 heavy (non-hydrogen) atoms.